The van der Waals surface area contributed by atoms with Gasteiger partial charge in [-0.3, -0.25) is 9.48 Å². The van der Waals surface area contributed by atoms with Crippen LogP contribution in [0.5, 0.6) is 11.5 Å². The molecule has 0 saturated heterocycles. The first-order chi connectivity index (χ1) is 18.7. The Labute approximate surface area is 231 Å². The van der Waals surface area contributed by atoms with E-state index in [1.165, 1.54) is 25.2 Å². The van der Waals surface area contributed by atoms with Gasteiger partial charge >= 0.3 is 18.3 Å². The molecule has 0 aliphatic carbocycles. The van der Waals surface area contributed by atoms with E-state index in [1.807, 2.05) is 6.92 Å². The molecule has 3 rings (SSSR count). The number of ether oxygens (including phenoxy) is 3. The molecule has 0 aliphatic rings. The number of carbonyl (C=O) groups is 1. The molecule has 0 amide bonds. The maximum absolute atomic E-state index is 13.7. The number of esters is 1. The van der Waals surface area contributed by atoms with Gasteiger partial charge in [0.2, 0.25) is 0 Å². The van der Waals surface area contributed by atoms with Crippen LogP contribution in [0, 0.1) is 0 Å². The third kappa shape index (κ3) is 7.69. The van der Waals surface area contributed by atoms with Gasteiger partial charge in [0.15, 0.2) is 11.4 Å². The minimum absolute atomic E-state index is 0.0109. The summed E-state index contributed by atoms with van der Waals surface area (Å²) in [6.45, 7) is 4.27. The van der Waals surface area contributed by atoms with Crippen LogP contribution in [0.1, 0.15) is 44.4 Å². The predicted octanol–water partition coefficient (Wildman–Crippen LogP) is 7.96. The zero-order valence-corrected chi connectivity index (χ0v) is 22.6. The fourth-order valence-electron chi connectivity index (χ4n) is 3.97. The summed E-state index contributed by atoms with van der Waals surface area (Å²) in [7, 11) is 1.26. The van der Waals surface area contributed by atoms with Crippen molar-refractivity contribution in [3.8, 4) is 33.9 Å². The summed E-state index contributed by atoms with van der Waals surface area (Å²) in [5.74, 6) is -1.06. The molecular formula is C27H27ClF6N2O4. The fourth-order valence-corrected chi connectivity index (χ4v) is 4.20. The number of hydrogen-bond donors (Lipinski definition) is 0. The summed E-state index contributed by atoms with van der Waals surface area (Å²) in [4.78, 5) is 12.1. The number of nitrogens with zero attached hydrogens (tertiary/aromatic N) is 2. The normalized spacial score (nSPS) is 12.1. The Morgan fingerprint density at radius 1 is 0.975 bits per heavy atom. The SMILES string of the molecule is CCOCCCCCOc1ccc(-c2cc(C(F)(F)F)nn2C)c(OC(C)=O)c1-c1ccc(Cl)c(C(F)(F)F)c1. The molecule has 3 aromatic rings. The van der Waals surface area contributed by atoms with Crippen LogP contribution >= 0.6 is 11.6 Å². The van der Waals surface area contributed by atoms with E-state index >= 15 is 0 Å². The number of benzene rings is 2. The number of alkyl halides is 6. The van der Waals surface area contributed by atoms with Gasteiger partial charge in [-0.2, -0.15) is 31.4 Å². The molecule has 1 heterocycles. The van der Waals surface area contributed by atoms with Crippen molar-refractivity contribution < 1.29 is 45.3 Å². The number of carbonyl (C=O) groups excluding carboxylic acids is 1. The van der Waals surface area contributed by atoms with E-state index in [9.17, 15) is 31.1 Å². The first kappa shape index (κ1) is 31.3. The van der Waals surface area contributed by atoms with Crippen LogP contribution in [-0.4, -0.2) is 35.6 Å². The van der Waals surface area contributed by atoms with Crippen molar-refractivity contribution in [3.63, 3.8) is 0 Å². The van der Waals surface area contributed by atoms with Gasteiger partial charge in [-0.1, -0.05) is 17.7 Å². The number of unbranched alkanes of at least 4 members (excludes halogenated alkanes) is 2. The van der Waals surface area contributed by atoms with Crippen LogP contribution in [-0.2, 0) is 28.9 Å². The lowest BCUT2D eigenvalue weighted by Crippen LogP contribution is -2.09. The molecule has 218 valence electrons. The Balaban J connectivity index is 2.18. The third-order valence-corrected chi connectivity index (χ3v) is 6.10. The topological polar surface area (TPSA) is 62.6 Å². The molecule has 0 aliphatic heterocycles. The van der Waals surface area contributed by atoms with Crippen molar-refractivity contribution in [2.75, 3.05) is 19.8 Å². The molecule has 0 radical (unpaired) electrons. The van der Waals surface area contributed by atoms with Crippen molar-refractivity contribution in [3.05, 3.63) is 52.7 Å². The molecule has 1 aromatic heterocycles. The van der Waals surface area contributed by atoms with Gasteiger partial charge in [0.1, 0.15) is 5.75 Å². The highest BCUT2D eigenvalue weighted by atomic mass is 35.5. The van der Waals surface area contributed by atoms with Crippen LogP contribution < -0.4 is 9.47 Å². The Morgan fingerprint density at radius 3 is 2.27 bits per heavy atom. The summed E-state index contributed by atoms with van der Waals surface area (Å²) >= 11 is 5.82. The zero-order chi connectivity index (χ0) is 29.7. The molecule has 0 atom stereocenters. The van der Waals surface area contributed by atoms with Crippen LogP contribution in [0.3, 0.4) is 0 Å². The van der Waals surface area contributed by atoms with Crippen molar-refractivity contribution in [2.24, 2.45) is 7.05 Å². The zero-order valence-electron chi connectivity index (χ0n) is 21.9. The number of aryl methyl sites for hydroxylation is 1. The molecule has 2 aromatic carbocycles. The Bertz CT molecular complexity index is 1340. The van der Waals surface area contributed by atoms with Gasteiger partial charge in [-0.05, 0) is 62.1 Å². The third-order valence-electron chi connectivity index (χ3n) is 5.77. The summed E-state index contributed by atoms with van der Waals surface area (Å²) in [6.07, 6.45) is -7.46. The van der Waals surface area contributed by atoms with Crippen LogP contribution in [0.15, 0.2) is 36.4 Å². The van der Waals surface area contributed by atoms with Gasteiger partial charge in [-0.25, -0.2) is 0 Å². The molecule has 0 unspecified atom stereocenters. The first-order valence-corrected chi connectivity index (χ1v) is 12.7. The highest BCUT2D eigenvalue weighted by Crippen LogP contribution is 2.47. The van der Waals surface area contributed by atoms with Crippen molar-refractivity contribution in [2.45, 2.75) is 45.5 Å². The van der Waals surface area contributed by atoms with Crippen molar-refractivity contribution in [1.82, 2.24) is 9.78 Å². The standard InChI is InChI=1S/C27H27ClF6N2O4/c1-4-38-12-6-5-7-13-39-22-11-9-18(21-15-23(27(32,33)34)35-36(21)3)25(40-16(2)37)24(22)17-8-10-20(28)19(14-17)26(29,30)31/h8-11,14-15H,4-7,12-13H2,1-3H3. The maximum atomic E-state index is 13.7. The highest BCUT2D eigenvalue weighted by molar-refractivity contribution is 6.31. The molecule has 0 spiro atoms. The van der Waals surface area contributed by atoms with Crippen LogP contribution in [0.25, 0.3) is 22.4 Å². The quantitative estimate of drug-likeness (QED) is 0.0978. The minimum Gasteiger partial charge on any atom is -0.493 e. The molecule has 0 N–H and O–H groups in total. The second-order valence-electron chi connectivity index (χ2n) is 8.74. The van der Waals surface area contributed by atoms with Gasteiger partial charge in [0.05, 0.1) is 28.5 Å². The average molecular weight is 593 g/mol. The number of hydrogen-bond acceptors (Lipinski definition) is 5. The predicted molar refractivity (Wildman–Crippen MR) is 136 cm³/mol. The van der Waals surface area contributed by atoms with Gasteiger partial charge in [0.25, 0.3) is 0 Å². The Kier molecular flexibility index (Phi) is 10.1. The van der Waals surface area contributed by atoms with E-state index < -0.39 is 34.6 Å². The first-order valence-electron chi connectivity index (χ1n) is 12.3. The second-order valence-corrected chi connectivity index (χ2v) is 9.15. The van der Waals surface area contributed by atoms with E-state index in [0.29, 0.717) is 19.6 Å². The monoisotopic (exact) mass is 592 g/mol. The number of rotatable bonds is 11. The molecule has 0 saturated carbocycles. The molecule has 0 fully saturated rings. The molecular weight excluding hydrogens is 566 g/mol. The van der Waals surface area contributed by atoms with Crippen LogP contribution in [0.4, 0.5) is 26.3 Å². The second kappa shape index (κ2) is 12.9. The molecule has 40 heavy (non-hydrogen) atoms. The molecule has 6 nitrogen and oxygen atoms in total. The smallest absolute Gasteiger partial charge is 0.435 e. The highest BCUT2D eigenvalue weighted by Gasteiger charge is 2.36. The summed E-state index contributed by atoms with van der Waals surface area (Å²) < 4.78 is 98.8. The van der Waals surface area contributed by atoms with Gasteiger partial charge < -0.3 is 14.2 Å². The number of halogens is 7. The largest absolute Gasteiger partial charge is 0.493 e. The van der Waals surface area contributed by atoms with Crippen molar-refractivity contribution in [1.29, 1.82) is 0 Å². The average Bonchev–Trinajstić information content (AvgIpc) is 3.25. The van der Waals surface area contributed by atoms with E-state index in [2.05, 4.69) is 5.10 Å². The minimum atomic E-state index is -4.81. The van der Waals surface area contributed by atoms with E-state index in [1.54, 1.807) is 0 Å². The van der Waals surface area contributed by atoms with E-state index in [0.717, 1.165) is 42.6 Å². The van der Waals surface area contributed by atoms with E-state index in [-0.39, 0.29) is 40.5 Å². The maximum Gasteiger partial charge on any atom is 0.435 e. The molecule has 0 bridgehead atoms. The number of aromatic nitrogens is 2. The molecule has 13 heteroatoms. The Hall–Kier alpha value is -3.25. The lowest BCUT2D eigenvalue weighted by atomic mass is 9.96. The fraction of sp³-hybridized carbons (Fsp3) is 0.407. The summed E-state index contributed by atoms with van der Waals surface area (Å²) in [6, 6.07) is 6.61. The van der Waals surface area contributed by atoms with Gasteiger partial charge in [0, 0.05) is 32.7 Å². The van der Waals surface area contributed by atoms with Gasteiger partial charge in [-0.15, -0.1) is 0 Å². The summed E-state index contributed by atoms with van der Waals surface area (Å²) in [5.41, 5.74) is -2.56. The summed E-state index contributed by atoms with van der Waals surface area (Å²) in [5, 5.41) is 2.94. The van der Waals surface area contributed by atoms with E-state index in [4.69, 9.17) is 25.8 Å². The van der Waals surface area contributed by atoms with Crippen LogP contribution in [0.2, 0.25) is 5.02 Å². The van der Waals surface area contributed by atoms with Crippen molar-refractivity contribution >= 4 is 17.6 Å². The lowest BCUT2D eigenvalue weighted by Gasteiger charge is -2.20. The Morgan fingerprint density at radius 2 is 1.68 bits per heavy atom. The lowest BCUT2D eigenvalue weighted by molar-refractivity contribution is -0.141.